The highest BCUT2D eigenvalue weighted by Crippen LogP contribution is 2.37. The van der Waals surface area contributed by atoms with E-state index in [0.717, 1.165) is 31.0 Å². The zero-order valence-corrected chi connectivity index (χ0v) is 21.0. The number of benzene rings is 2. The molecule has 0 unspecified atom stereocenters. The second-order valence-corrected chi connectivity index (χ2v) is 9.79. The van der Waals surface area contributed by atoms with Gasteiger partial charge >= 0.3 is 12.1 Å². The van der Waals surface area contributed by atoms with Gasteiger partial charge in [-0.1, -0.05) is 36.8 Å². The molecule has 0 spiro atoms. The van der Waals surface area contributed by atoms with Crippen molar-refractivity contribution in [1.82, 2.24) is 15.3 Å². The van der Waals surface area contributed by atoms with Gasteiger partial charge < -0.3 is 20.7 Å². The first kappa shape index (κ1) is 26.5. The number of carbonyl (C=O) groups is 2. The molecule has 204 valence electrons. The molecule has 2 atom stereocenters. The fourth-order valence-electron chi connectivity index (χ4n) is 4.54. The van der Waals surface area contributed by atoms with Crippen molar-refractivity contribution in [2.45, 2.75) is 57.0 Å². The van der Waals surface area contributed by atoms with Crippen molar-refractivity contribution in [3.8, 4) is 0 Å². The van der Waals surface area contributed by atoms with Crippen LogP contribution in [-0.2, 0) is 22.3 Å². The first-order chi connectivity index (χ1) is 18.8. The summed E-state index contributed by atoms with van der Waals surface area (Å²) in [5.74, 6) is -1.48. The molecular weight excluding hydrogens is 511 g/mol. The Bertz CT molecular complexity index is 1310. The van der Waals surface area contributed by atoms with Gasteiger partial charge in [-0.05, 0) is 55.5 Å². The third-order valence-electron chi connectivity index (χ3n) is 6.78. The van der Waals surface area contributed by atoms with Crippen LogP contribution >= 0.6 is 0 Å². The number of rotatable bonds is 9. The molecular formula is C28H28F3N5O3. The maximum atomic E-state index is 13.7. The molecule has 2 aliphatic rings. The summed E-state index contributed by atoms with van der Waals surface area (Å²) in [5.41, 5.74) is 0.657. The van der Waals surface area contributed by atoms with Gasteiger partial charge in [0.25, 0.3) is 0 Å². The van der Waals surface area contributed by atoms with E-state index in [1.807, 2.05) is 30.3 Å². The SMILES string of the molecule is O=C(OCc1ccccc1)c1ccc(Nc2ncc(C(F)(F)F)c(N[C@@H]3CCC[C@@H]3C(=O)NC3CC3)n2)cc1. The molecule has 2 aliphatic carbocycles. The number of hydrogen-bond acceptors (Lipinski definition) is 7. The summed E-state index contributed by atoms with van der Waals surface area (Å²) >= 11 is 0. The Morgan fingerprint density at radius 1 is 0.974 bits per heavy atom. The second kappa shape index (κ2) is 11.3. The van der Waals surface area contributed by atoms with E-state index in [1.54, 1.807) is 24.3 Å². The zero-order chi connectivity index (χ0) is 27.4. The summed E-state index contributed by atoms with van der Waals surface area (Å²) in [6.45, 7) is 0.138. The third-order valence-corrected chi connectivity index (χ3v) is 6.78. The summed E-state index contributed by atoms with van der Waals surface area (Å²) in [4.78, 5) is 32.9. The number of anilines is 3. The normalized spacial score (nSPS) is 18.8. The Morgan fingerprint density at radius 3 is 2.41 bits per heavy atom. The van der Waals surface area contributed by atoms with Crippen LogP contribution in [0, 0.1) is 5.92 Å². The van der Waals surface area contributed by atoms with Crippen LogP contribution in [0.15, 0.2) is 60.8 Å². The monoisotopic (exact) mass is 539 g/mol. The Kier molecular flexibility index (Phi) is 7.67. The van der Waals surface area contributed by atoms with E-state index in [2.05, 4.69) is 25.9 Å². The molecule has 39 heavy (non-hydrogen) atoms. The molecule has 11 heteroatoms. The van der Waals surface area contributed by atoms with Crippen LogP contribution in [0.5, 0.6) is 0 Å². The molecule has 1 amide bonds. The largest absolute Gasteiger partial charge is 0.457 e. The number of nitrogens with one attached hydrogen (secondary N) is 3. The van der Waals surface area contributed by atoms with E-state index in [-0.39, 0.29) is 30.3 Å². The van der Waals surface area contributed by atoms with E-state index >= 15 is 0 Å². The van der Waals surface area contributed by atoms with E-state index < -0.39 is 29.7 Å². The minimum atomic E-state index is -4.67. The predicted molar refractivity (Wildman–Crippen MR) is 138 cm³/mol. The van der Waals surface area contributed by atoms with Crippen LogP contribution in [0.25, 0.3) is 0 Å². The Labute approximate surface area is 223 Å². The number of nitrogens with zero attached hydrogens (tertiary/aromatic N) is 2. The number of amides is 1. The van der Waals surface area contributed by atoms with Crippen molar-refractivity contribution < 1.29 is 27.5 Å². The first-order valence-electron chi connectivity index (χ1n) is 12.9. The molecule has 0 bridgehead atoms. The minimum Gasteiger partial charge on any atom is -0.457 e. The summed E-state index contributed by atoms with van der Waals surface area (Å²) in [6.07, 6.45) is -0.175. The number of alkyl halides is 3. The molecule has 3 aromatic rings. The van der Waals surface area contributed by atoms with Gasteiger partial charge in [0, 0.05) is 24.0 Å². The van der Waals surface area contributed by atoms with Crippen LogP contribution in [0.1, 0.15) is 53.6 Å². The van der Waals surface area contributed by atoms with Crippen molar-refractivity contribution in [1.29, 1.82) is 0 Å². The fraction of sp³-hybridized carbons (Fsp3) is 0.357. The van der Waals surface area contributed by atoms with Crippen molar-refractivity contribution in [3.05, 3.63) is 77.5 Å². The highest BCUT2D eigenvalue weighted by atomic mass is 19.4. The van der Waals surface area contributed by atoms with Gasteiger partial charge in [0.2, 0.25) is 11.9 Å². The number of aromatic nitrogens is 2. The maximum absolute atomic E-state index is 13.7. The molecule has 1 aromatic heterocycles. The van der Waals surface area contributed by atoms with E-state index in [4.69, 9.17) is 4.74 Å². The molecule has 0 saturated heterocycles. The molecule has 0 aliphatic heterocycles. The van der Waals surface area contributed by atoms with Crippen LogP contribution in [0.3, 0.4) is 0 Å². The van der Waals surface area contributed by atoms with Crippen molar-refractivity contribution >= 4 is 29.3 Å². The van der Waals surface area contributed by atoms with Crippen LogP contribution < -0.4 is 16.0 Å². The zero-order valence-electron chi connectivity index (χ0n) is 21.0. The summed E-state index contributed by atoms with van der Waals surface area (Å²) in [7, 11) is 0. The van der Waals surface area contributed by atoms with Crippen LogP contribution in [0.4, 0.5) is 30.6 Å². The first-order valence-corrected chi connectivity index (χ1v) is 12.9. The van der Waals surface area contributed by atoms with Crippen molar-refractivity contribution in [2.24, 2.45) is 5.92 Å². The number of ether oxygens (including phenoxy) is 1. The lowest BCUT2D eigenvalue weighted by molar-refractivity contribution is -0.137. The Hall–Kier alpha value is -4.15. The van der Waals surface area contributed by atoms with Crippen molar-refractivity contribution in [3.63, 3.8) is 0 Å². The highest BCUT2D eigenvalue weighted by molar-refractivity contribution is 5.89. The lowest BCUT2D eigenvalue weighted by Gasteiger charge is -2.23. The standard InChI is InChI=1S/C28H28F3N5O3/c29-28(30,31)22-15-32-27(36-24(22)35-23-8-4-7-21(23)25(37)33-19-13-14-19)34-20-11-9-18(10-12-20)26(38)39-16-17-5-2-1-3-6-17/h1-3,5-6,9-12,15,19,21,23H,4,7-8,13-14,16H2,(H,33,37)(H2,32,34,35,36)/t21-,23+/m0/s1. The van der Waals surface area contributed by atoms with Gasteiger partial charge in [-0.3, -0.25) is 4.79 Å². The smallest absolute Gasteiger partial charge is 0.421 e. The molecule has 0 radical (unpaired) electrons. The van der Waals surface area contributed by atoms with Gasteiger partial charge in [-0.25, -0.2) is 9.78 Å². The van der Waals surface area contributed by atoms with E-state index in [9.17, 15) is 22.8 Å². The van der Waals surface area contributed by atoms with Gasteiger partial charge in [0.15, 0.2) is 0 Å². The van der Waals surface area contributed by atoms with Crippen molar-refractivity contribution in [2.75, 3.05) is 10.6 Å². The summed E-state index contributed by atoms with van der Waals surface area (Å²) in [5, 5.41) is 8.71. The van der Waals surface area contributed by atoms with Gasteiger partial charge in [-0.15, -0.1) is 0 Å². The molecule has 5 rings (SSSR count). The molecule has 2 saturated carbocycles. The Balaban J connectivity index is 1.26. The average Bonchev–Trinajstić information content (AvgIpc) is 3.61. The Morgan fingerprint density at radius 2 is 1.72 bits per heavy atom. The summed E-state index contributed by atoms with van der Waals surface area (Å²) < 4.78 is 46.6. The third kappa shape index (κ3) is 6.84. The predicted octanol–water partition coefficient (Wildman–Crippen LogP) is 5.46. The van der Waals surface area contributed by atoms with Crippen LogP contribution in [-0.4, -0.2) is 33.9 Å². The topological polar surface area (TPSA) is 105 Å². The molecule has 1 heterocycles. The van der Waals surface area contributed by atoms with Crippen LogP contribution in [0.2, 0.25) is 0 Å². The number of hydrogen-bond donors (Lipinski definition) is 3. The highest BCUT2D eigenvalue weighted by Gasteiger charge is 2.39. The maximum Gasteiger partial charge on any atom is 0.421 e. The lowest BCUT2D eigenvalue weighted by atomic mass is 10.0. The van der Waals surface area contributed by atoms with Gasteiger partial charge in [0.05, 0.1) is 11.5 Å². The lowest BCUT2D eigenvalue weighted by Crippen LogP contribution is -2.39. The number of carbonyl (C=O) groups excluding carboxylic acids is 2. The quantitative estimate of drug-likeness (QED) is 0.310. The molecule has 3 N–H and O–H groups in total. The molecule has 2 aromatic carbocycles. The number of halogens is 3. The average molecular weight is 540 g/mol. The van der Waals surface area contributed by atoms with Gasteiger partial charge in [-0.2, -0.15) is 18.2 Å². The second-order valence-electron chi connectivity index (χ2n) is 9.79. The molecule has 2 fully saturated rings. The van der Waals surface area contributed by atoms with E-state index in [0.29, 0.717) is 24.1 Å². The summed E-state index contributed by atoms with van der Waals surface area (Å²) in [6, 6.07) is 15.2. The minimum absolute atomic E-state index is 0.0538. The fourth-order valence-corrected chi connectivity index (χ4v) is 4.54. The molecule has 8 nitrogen and oxygen atoms in total. The van der Waals surface area contributed by atoms with E-state index in [1.165, 1.54) is 0 Å². The number of esters is 1. The van der Waals surface area contributed by atoms with Gasteiger partial charge in [0.1, 0.15) is 18.0 Å².